The van der Waals surface area contributed by atoms with Gasteiger partial charge in [0, 0.05) is 36.3 Å². The van der Waals surface area contributed by atoms with Crippen LogP contribution in [0.2, 0.25) is 0 Å². The minimum Gasteiger partial charge on any atom is -0.493 e. The lowest BCUT2D eigenvalue weighted by atomic mass is 10.1. The number of carbonyl (C=O) groups excluding carboxylic acids is 2. The lowest BCUT2D eigenvalue weighted by molar-refractivity contribution is -0.148. The molecule has 0 aliphatic heterocycles. The number of rotatable bonds is 9. The van der Waals surface area contributed by atoms with Gasteiger partial charge in [0.15, 0.2) is 18.1 Å². The molecular weight excluding hydrogens is 408 g/mol. The highest BCUT2D eigenvalue weighted by atomic mass is 16.5. The molecule has 0 N–H and O–H groups in total. The van der Waals surface area contributed by atoms with Gasteiger partial charge in [-0.05, 0) is 36.8 Å². The fourth-order valence-electron chi connectivity index (χ4n) is 3.27. The normalized spacial score (nSPS) is 10.8. The van der Waals surface area contributed by atoms with Crippen molar-refractivity contribution in [2.24, 2.45) is 0 Å². The van der Waals surface area contributed by atoms with Gasteiger partial charge in [0.05, 0.1) is 19.7 Å². The summed E-state index contributed by atoms with van der Waals surface area (Å²) in [6, 6.07) is 15.0. The van der Waals surface area contributed by atoms with Gasteiger partial charge < -0.3 is 19.1 Å². The Morgan fingerprint density at radius 2 is 1.81 bits per heavy atom. The van der Waals surface area contributed by atoms with E-state index in [1.165, 1.54) is 6.08 Å². The van der Waals surface area contributed by atoms with Crippen LogP contribution in [0.4, 0.5) is 0 Å². The van der Waals surface area contributed by atoms with Gasteiger partial charge in [0.1, 0.15) is 0 Å². The van der Waals surface area contributed by atoms with E-state index in [-0.39, 0.29) is 12.5 Å². The minimum atomic E-state index is -0.589. The fraction of sp³-hybridized carbons (Fsp3) is 0.240. The van der Waals surface area contributed by atoms with E-state index < -0.39 is 5.97 Å². The maximum Gasteiger partial charge on any atom is 0.331 e. The number of benzene rings is 2. The maximum absolute atomic E-state index is 12.6. The van der Waals surface area contributed by atoms with Crippen molar-refractivity contribution >= 4 is 28.9 Å². The molecule has 0 unspecified atom stereocenters. The van der Waals surface area contributed by atoms with Crippen LogP contribution in [-0.4, -0.2) is 49.1 Å². The van der Waals surface area contributed by atoms with Gasteiger partial charge in [-0.25, -0.2) is 4.79 Å². The number of likely N-dealkylation sites (N-methyl/N-ethyl adjacent to an activating group) is 1. The standard InChI is InChI=1S/C25H26N2O5/c1-4-27(16-18-10-12-21(30-2)22(15-18)31-3)23(28)17-32-24(29)13-11-20-8-5-7-19-9-6-14-26-25(19)20/h5-15H,4,16-17H2,1-3H3/b13-11+. The Morgan fingerprint density at radius 3 is 2.56 bits per heavy atom. The zero-order valence-corrected chi connectivity index (χ0v) is 18.4. The zero-order chi connectivity index (χ0) is 22.9. The van der Waals surface area contributed by atoms with Crippen molar-refractivity contribution in [2.75, 3.05) is 27.4 Å². The monoisotopic (exact) mass is 434 g/mol. The Bertz CT molecular complexity index is 1120. The highest BCUT2D eigenvalue weighted by Gasteiger charge is 2.15. The quantitative estimate of drug-likeness (QED) is 0.376. The van der Waals surface area contributed by atoms with E-state index in [9.17, 15) is 9.59 Å². The first-order chi connectivity index (χ1) is 15.5. The molecule has 1 aromatic heterocycles. The van der Waals surface area contributed by atoms with E-state index in [0.717, 1.165) is 22.0 Å². The summed E-state index contributed by atoms with van der Waals surface area (Å²) in [6.45, 7) is 2.37. The SMILES string of the molecule is CCN(Cc1ccc(OC)c(OC)c1)C(=O)COC(=O)/C=C/c1cccc2cccnc12. The zero-order valence-electron chi connectivity index (χ0n) is 18.4. The topological polar surface area (TPSA) is 78.0 Å². The summed E-state index contributed by atoms with van der Waals surface area (Å²) in [5.41, 5.74) is 2.48. The van der Waals surface area contributed by atoms with Crippen LogP contribution < -0.4 is 9.47 Å². The Morgan fingerprint density at radius 1 is 1.03 bits per heavy atom. The van der Waals surface area contributed by atoms with E-state index in [2.05, 4.69) is 4.98 Å². The Hall–Kier alpha value is -3.87. The molecule has 0 saturated heterocycles. The number of ether oxygens (including phenoxy) is 3. The van der Waals surface area contributed by atoms with E-state index >= 15 is 0 Å². The van der Waals surface area contributed by atoms with E-state index in [1.54, 1.807) is 37.5 Å². The Kier molecular flexibility index (Phi) is 7.80. The summed E-state index contributed by atoms with van der Waals surface area (Å²) in [5, 5.41) is 0.979. The van der Waals surface area contributed by atoms with Gasteiger partial charge in [0.25, 0.3) is 5.91 Å². The average molecular weight is 434 g/mol. The lowest BCUT2D eigenvalue weighted by Crippen LogP contribution is -2.34. The number of hydrogen-bond donors (Lipinski definition) is 0. The van der Waals surface area contributed by atoms with Gasteiger partial charge in [-0.2, -0.15) is 0 Å². The maximum atomic E-state index is 12.6. The summed E-state index contributed by atoms with van der Waals surface area (Å²) in [6.07, 6.45) is 4.65. The van der Waals surface area contributed by atoms with E-state index in [0.29, 0.717) is 24.6 Å². The number of aromatic nitrogens is 1. The molecule has 3 aromatic rings. The van der Waals surface area contributed by atoms with E-state index in [1.807, 2.05) is 49.4 Å². The van der Waals surface area contributed by atoms with Crippen molar-refractivity contribution in [2.45, 2.75) is 13.5 Å². The number of pyridine rings is 1. The van der Waals surface area contributed by atoms with Crippen LogP contribution in [0.1, 0.15) is 18.1 Å². The highest BCUT2D eigenvalue weighted by Crippen LogP contribution is 2.28. The van der Waals surface area contributed by atoms with Crippen molar-refractivity contribution in [1.29, 1.82) is 0 Å². The summed E-state index contributed by atoms with van der Waals surface area (Å²) in [5.74, 6) is 0.338. The Balaban J connectivity index is 1.58. The second-order valence-corrected chi connectivity index (χ2v) is 6.96. The summed E-state index contributed by atoms with van der Waals surface area (Å²) >= 11 is 0. The first-order valence-corrected chi connectivity index (χ1v) is 10.2. The van der Waals surface area contributed by atoms with Crippen LogP contribution in [0.5, 0.6) is 11.5 Å². The average Bonchev–Trinajstić information content (AvgIpc) is 2.84. The molecule has 0 aliphatic rings. The van der Waals surface area contributed by atoms with Crippen molar-refractivity contribution in [1.82, 2.24) is 9.88 Å². The number of methoxy groups -OCH3 is 2. The molecule has 1 heterocycles. The van der Waals surface area contributed by atoms with Crippen LogP contribution in [0, 0.1) is 0 Å². The van der Waals surface area contributed by atoms with Crippen LogP contribution in [0.25, 0.3) is 17.0 Å². The van der Waals surface area contributed by atoms with Gasteiger partial charge in [-0.3, -0.25) is 9.78 Å². The molecule has 7 nitrogen and oxygen atoms in total. The Labute approximate surface area is 187 Å². The van der Waals surface area contributed by atoms with Crippen LogP contribution in [0.15, 0.2) is 60.8 Å². The molecule has 3 rings (SSSR count). The third-order valence-electron chi connectivity index (χ3n) is 4.96. The first-order valence-electron chi connectivity index (χ1n) is 10.2. The molecule has 1 amide bonds. The predicted octanol–water partition coefficient (Wildman–Crippen LogP) is 3.86. The number of nitrogens with zero attached hydrogens (tertiary/aromatic N) is 2. The predicted molar refractivity (Wildman–Crippen MR) is 122 cm³/mol. The van der Waals surface area contributed by atoms with Crippen LogP contribution in [-0.2, 0) is 20.9 Å². The molecule has 0 saturated carbocycles. The van der Waals surface area contributed by atoms with Crippen molar-refractivity contribution in [3.05, 3.63) is 71.9 Å². The van der Waals surface area contributed by atoms with Gasteiger partial charge in [0.2, 0.25) is 0 Å². The van der Waals surface area contributed by atoms with Crippen molar-refractivity contribution in [3.63, 3.8) is 0 Å². The van der Waals surface area contributed by atoms with Crippen molar-refractivity contribution < 1.29 is 23.8 Å². The fourth-order valence-corrected chi connectivity index (χ4v) is 3.27. The molecule has 0 aliphatic carbocycles. The lowest BCUT2D eigenvalue weighted by Gasteiger charge is -2.21. The second-order valence-electron chi connectivity index (χ2n) is 6.96. The molecule has 166 valence electrons. The van der Waals surface area contributed by atoms with Gasteiger partial charge in [-0.1, -0.05) is 30.3 Å². The molecular formula is C25H26N2O5. The number of carbonyl (C=O) groups is 2. The number of amides is 1. The second kappa shape index (κ2) is 10.9. The number of esters is 1. The number of fused-ring (bicyclic) bond motifs is 1. The molecule has 32 heavy (non-hydrogen) atoms. The van der Waals surface area contributed by atoms with Gasteiger partial charge in [-0.15, -0.1) is 0 Å². The smallest absolute Gasteiger partial charge is 0.331 e. The summed E-state index contributed by atoms with van der Waals surface area (Å²) in [4.78, 5) is 30.7. The first kappa shape index (κ1) is 22.8. The molecule has 7 heteroatoms. The largest absolute Gasteiger partial charge is 0.493 e. The summed E-state index contributed by atoms with van der Waals surface area (Å²) in [7, 11) is 3.13. The number of hydrogen-bond acceptors (Lipinski definition) is 6. The highest BCUT2D eigenvalue weighted by molar-refractivity contribution is 5.93. The van der Waals surface area contributed by atoms with E-state index in [4.69, 9.17) is 14.2 Å². The minimum absolute atomic E-state index is 0.282. The third kappa shape index (κ3) is 5.63. The molecule has 0 fully saturated rings. The van der Waals surface area contributed by atoms with Crippen LogP contribution in [0.3, 0.4) is 0 Å². The molecule has 0 bridgehead atoms. The van der Waals surface area contributed by atoms with Crippen LogP contribution >= 0.6 is 0 Å². The molecule has 0 atom stereocenters. The molecule has 0 spiro atoms. The molecule has 2 aromatic carbocycles. The third-order valence-corrected chi connectivity index (χ3v) is 4.96. The number of para-hydroxylation sites is 1. The van der Waals surface area contributed by atoms with Gasteiger partial charge >= 0.3 is 5.97 Å². The summed E-state index contributed by atoms with van der Waals surface area (Å²) < 4.78 is 15.7. The van der Waals surface area contributed by atoms with Crippen molar-refractivity contribution in [3.8, 4) is 11.5 Å². The molecule has 0 radical (unpaired) electrons.